The molecule has 1 saturated carbocycles. The highest BCUT2D eigenvalue weighted by Gasteiger charge is 2.32. The number of hydrogen-bond donors (Lipinski definition) is 1. The Labute approximate surface area is 112 Å². The molecule has 1 atom stereocenters. The summed E-state index contributed by atoms with van der Waals surface area (Å²) in [4.78, 5) is 4.01. The summed E-state index contributed by atoms with van der Waals surface area (Å²) in [5.74, 6) is 0.736. The minimum atomic E-state index is 0.379. The van der Waals surface area contributed by atoms with E-state index >= 15 is 0 Å². The van der Waals surface area contributed by atoms with Gasteiger partial charge in [-0.05, 0) is 36.5 Å². The fourth-order valence-electron chi connectivity index (χ4n) is 2.24. The highest BCUT2D eigenvalue weighted by Crippen LogP contribution is 2.42. The molecule has 1 unspecified atom stereocenters. The number of nitrogens with one attached hydrogen (secondary N) is 1. The maximum atomic E-state index is 5.92. The molecule has 1 N–H and O–H groups in total. The molecular formula is C15H15ClN2. The molecule has 1 aromatic carbocycles. The van der Waals surface area contributed by atoms with Gasteiger partial charge >= 0.3 is 0 Å². The molecule has 1 heterocycles. The van der Waals surface area contributed by atoms with Crippen molar-refractivity contribution in [3.05, 3.63) is 59.4 Å². The molecule has 3 rings (SSSR count). The Morgan fingerprint density at radius 3 is 2.61 bits per heavy atom. The summed E-state index contributed by atoms with van der Waals surface area (Å²) < 4.78 is 0. The summed E-state index contributed by atoms with van der Waals surface area (Å²) in [6, 6.07) is 14.8. The van der Waals surface area contributed by atoms with Crippen molar-refractivity contribution in [2.24, 2.45) is 5.92 Å². The van der Waals surface area contributed by atoms with Crippen molar-refractivity contribution >= 4 is 17.3 Å². The van der Waals surface area contributed by atoms with E-state index in [9.17, 15) is 0 Å². The predicted molar refractivity (Wildman–Crippen MR) is 74.8 cm³/mol. The highest BCUT2D eigenvalue weighted by molar-refractivity contribution is 6.29. The number of aromatic nitrogens is 1. The molecular weight excluding hydrogens is 244 g/mol. The van der Waals surface area contributed by atoms with Crippen LogP contribution in [0.4, 0.5) is 5.69 Å². The van der Waals surface area contributed by atoms with E-state index < -0.39 is 0 Å². The van der Waals surface area contributed by atoms with Gasteiger partial charge in [-0.2, -0.15) is 0 Å². The van der Waals surface area contributed by atoms with Crippen LogP contribution in [0.2, 0.25) is 5.15 Å². The Balaban J connectivity index is 1.83. The quantitative estimate of drug-likeness (QED) is 0.827. The van der Waals surface area contributed by atoms with Crippen LogP contribution in [-0.4, -0.2) is 4.98 Å². The fourth-order valence-corrected chi connectivity index (χ4v) is 2.41. The van der Waals surface area contributed by atoms with Crippen molar-refractivity contribution in [3.8, 4) is 0 Å². The predicted octanol–water partition coefficient (Wildman–Crippen LogP) is 4.30. The molecule has 92 valence electrons. The second-order valence-corrected chi connectivity index (χ2v) is 5.12. The number of pyridine rings is 1. The van der Waals surface area contributed by atoms with Crippen LogP contribution in [-0.2, 0) is 0 Å². The van der Waals surface area contributed by atoms with Crippen LogP contribution >= 0.6 is 11.6 Å². The van der Waals surface area contributed by atoms with Crippen molar-refractivity contribution in [2.45, 2.75) is 18.9 Å². The Morgan fingerprint density at radius 2 is 1.94 bits per heavy atom. The SMILES string of the molecule is Clc1cc(NC(c2ccccc2)C2CC2)ccn1. The standard InChI is InChI=1S/C15H15ClN2/c16-14-10-13(8-9-17-14)18-15(12-6-7-12)11-4-2-1-3-5-11/h1-5,8-10,12,15H,6-7H2,(H,17,18). The second kappa shape index (κ2) is 4.99. The number of halogens is 1. The lowest BCUT2D eigenvalue weighted by Crippen LogP contribution is -2.12. The maximum absolute atomic E-state index is 5.92. The van der Waals surface area contributed by atoms with Crippen LogP contribution in [0.5, 0.6) is 0 Å². The van der Waals surface area contributed by atoms with E-state index in [2.05, 4.69) is 40.6 Å². The monoisotopic (exact) mass is 258 g/mol. The molecule has 0 aliphatic heterocycles. The summed E-state index contributed by atoms with van der Waals surface area (Å²) in [7, 11) is 0. The van der Waals surface area contributed by atoms with Crippen LogP contribution in [0, 0.1) is 5.92 Å². The molecule has 0 bridgehead atoms. The number of rotatable bonds is 4. The van der Waals surface area contributed by atoms with Crippen molar-refractivity contribution in [3.63, 3.8) is 0 Å². The molecule has 18 heavy (non-hydrogen) atoms. The van der Waals surface area contributed by atoms with Gasteiger partial charge in [0, 0.05) is 11.9 Å². The van der Waals surface area contributed by atoms with Crippen molar-refractivity contribution in [1.82, 2.24) is 4.98 Å². The summed E-state index contributed by atoms with van der Waals surface area (Å²) >= 11 is 5.92. The highest BCUT2D eigenvalue weighted by atomic mass is 35.5. The lowest BCUT2D eigenvalue weighted by Gasteiger charge is -2.20. The van der Waals surface area contributed by atoms with Gasteiger partial charge in [-0.1, -0.05) is 41.9 Å². The first-order valence-corrected chi connectivity index (χ1v) is 6.64. The normalized spacial score (nSPS) is 16.3. The van der Waals surface area contributed by atoms with Crippen LogP contribution in [0.1, 0.15) is 24.4 Å². The zero-order valence-electron chi connectivity index (χ0n) is 10.0. The smallest absolute Gasteiger partial charge is 0.131 e. The average Bonchev–Trinajstić information content (AvgIpc) is 3.21. The summed E-state index contributed by atoms with van der Waals surface area (Å²) in [6.45, 7) is 0. The molecule has 1 aliphatic rings. The summed E-state index contributed by atoms with van der Waals surface area (Å²) in [5.41, 5.74) is 2.38. The van der Waals surface area contributed by atoms with E-state index in [-0.39, 0.29) is 0 Å². The Morgan fingerprint density at radius 1 is 1.17 bits per heavy atom. The van der Waals surface area contributed by atoms with Gasteiger partial charge in [0.15, 0.2) is 0 Å². The molecule has 1 fully saturated rings. The average molecular weight is 259 g/mol. The molecule has 0 spiro atoms. The van der Waals surface area contributed by atoms with Gasteiger partial charge in [0.05, 0.1) is 6.04 Å². The van der Waals surface area contributed by atoms with Gasteiger partial charge in [-0.3, -0.25) is 0 Å². The maximum Gasteiger partial charge on any atom is 0.131 e. The lowest BCUT2D eigenvalue weighted by atomic mass is 10.0. The largest absolute Gasteiger partial charge is 0.378 e. The third kappa shape index (κ3) is 2.65. The van der Waals surface area contributed by atoms with Gasteiger partial charge in [0.25, 0.3) is 0 Å². The molecule has 0 radical (unpaired) electrons. The molecule has 1 aliphatic carbocycles. The second-order valence-electron chi connectivity index (χ2n) is 4.74. The zero-order chi connectivity index (χ0) is 12.4. The molecule has 2 nitrogen and oxygen atoms in total. The first kappa shape index (κ1) is 11.5. The number of hydrogen-bond acceptors (Lipinski definition) is 2. The van der Waals surface area contributed by atoms with Gasteiger partial charge in [0.2, 0.25) is 0 Å². The van der Waals surface area contributed by atoms with Gasteiger partial charge in [-0.15, -0.1) is 0 Å². The zero-order valence-corrected chi connectivity index (χ0v) is 10.8. The molecule has 0 amide bonds. The van der Waals surface area contributed by atoms with Crippen LogP contribution in [0.25, 0.3) is 0 Å². The third-order valence-electron chi connectivity index (χ3n) is 3.30. The van der Waals surface area contributed by atoms with E-state index in [1.807, 2.05) is 12.1 Å². The Hall–Kier alpha value is -1.54. The fraction of sp³-hybridized carbons (Fsp3) is 0.267. The van der Waals surface area contributed by atoms with Gasteiger partial charge < -0.3 is 5.32 Å². The third-order valence-corrected chi connectivity index (χ3v) is 3.51. The molecule has 1 aromatic heterocycles. The Bertz CT molecular complexity index is 523. The number of nitrogens with zero attached hydrogens (tertiary/aromatic N) is 1. The number of benzene rings is 1. The van der Waals surface area contributed by atoms with Crippen molar-refractivity contribution in [2.75, 3.05) is 5.32 Å². The number of anilines is 1. The van der Waals surface area contributed by atoms with E-state index in [4.69, 9.17) is 11.6 Å². The van der Waals surface area contributed by atoms with Gasteiger partial charge in [0.1, 0.15) is 5.15 Å². The molecule has 3 heteroatoms. The van der Waals surface area contributed by atoms with E-state index in [0.29, 0.717) is 11.2 Å². The van der Waals surface area contributed by atoms with Crippen molar-refractivity contribution < 1.29 is 0 Å². The minimum Gasteiger partial charge on any atom is -0.378 e. The van der Waals surface area contributed by atoms with Crippen LogP contribution < -0.4 is 5.32 Å². The first-order valence-electron chi connectivity index (χ1n) is 6.26. The molecule has 0 saturated heterocycles. The van der Waals surface area contributed by atoms with E-state index in [0.717, 1.165) is 11.6 Å². The lowest BCUT2D eigenvalue weighted by molar-refractivity contribution is 0.679. The van der Waals surface area contributed by atoms with Crippen molar-refractivity contribution in [1.29, 1.82) is 0 Å². The molecule has 2 aromatic rings. The van der Waals surface area contributed by atoms with Gasteiger partial charge in [-0.25, -0.2) is 4.98 Å². The summed E-state index contributed by atoms with van der Waals surface area (Å²) in [5, 5.41) is 4.10. The topological polar surface area (TPSA) is 24.9 Å². The van der Waals surface area contributed by atoms with Crippen LogP contribution in [0.3, 0.4) is 0 Å². The van der Waals surface area contributed by atoms with E-state index in [1.54, 1.807) is 6.20 Å². The Kier molecular flexibility index (Phi) is 3.20. The summed E-state index contributed by atoms with van der Waals surface area (Å²) in [6.07, 6.45) is 4.33. The van der Waals surface area contributed by atoms with E-state index in [1.165, 1.54) is 18.4 Å². The van der Waals surface area contributed by atoms with Crippen LogP contribution in [0.15, 0.2) is 48.7 Å². The first-order chi connectivity index (χ1) is 8.83. The minimum absolute atomic E-state index is 0.379.